The molecule has 0 aliphatic heterocycles. The average Bonchev–Trinajstić information content (AvgIpc) is 3.19. The minimum absolute atomic E-state index is 0. The molecular formula is C22H35FIN5O2. The van der Waals surface area contributed by atoms with Crippen LogP contribution < -0.4 is 16.4 Å². The Morgan fingerprint density at radius 2 is 1.81 bits per heavy atom. The third-order valence-electron chi connectivity index (χ3n) is 5.62. The number of guanidine groups is 1. The Hall–Kier alpha value is -1.91. The van der Waals surface area contributed by atoms with E-state index in [4.69, 9.17) is 5.73 Å². The maximum atomic E-state index is 13.1. The molecule has 0 spiro atoms. The number of aliphatic imine (C=N–C) groups is 1. The van der Waals surface area contributed by atoms with Gasteiger partial charge in [-0.15, -0.1) is 24.0 Å². The number of nitrogens with zero attached hydrogens (tertiary/aromatic N) is 2. The number of nitrogens with two attached hydrogens (primary N) is 1. The number of halogens is 2. The maximum Gasteiger partial charge on any atom is 0.230 e. The largest absolute Gasteiger partial charge is 0.369 e. The van der Waals surface area contributed by atoms with Crippen LogP contribution in [0.25, 0.3) is 0 Å². The molecule has 1 aromatic rings. The lowest BCUT2D eigenvalue weighted by Gasteiger charge is -2.29. The fourth-order valence-electron chi connectivity index (χ4n) is 3.94. The normalized spacial score (nSPS) is 16.2. The van der Waals surface area contributed by atoms with Crippen LogP contribution in [0.5, 0.6) is 0 Å². The van der Waals surface area contributed by atoms with Crippen molar-refractivity contribution in [3.8, 4) is 0 Å². The first-order valence-electron chi connectivity index (χ1n) is 10.5. The molecule has 0 bridgehead atoms. The van der Waals surface area contributed by atoms with Crippen LogP contribution in [0.2, 0.25) is 0 Å². The van der Waals surface area contributed by atoms with Crippen LogP contribution >= 0.6 is 24.0 Å². The third-order valence-corrected chi connectivity index (χ3v) is 5.62. The molecule has 0 saturated heterocycles. The summed E-state index contributed by atoms with van der Waals surface area (Å²) < 4.78 is 13.1. The van der Waals surface area contributed by atoms with Gasteiger partial charge < -0.3 is 21.3 Å². The van der Waals surface area contributed by atoms with Crippen molar-refractivity contribution in [2.75, 3.05) is 33.7 Å². The topological polar surface area (TPSA) is 99.8 Å². The zero-order valence-corrected chi connectivity index (χ0v) is 20.9. The van der Waals surface area contributed by atoms with E-state index in [0.29, 0.717) is 32.0 Å². The molecule has 1 atom stereocenters. The molecule has 7 nitrogen and oxygen atoms in total. The number of hydrogen-bond donors (Lipinski definition) is 3. The smallest absolute Gasteiger partial charge is 0.230 e. The van der Waals surface area contributed by atoms with Gasteiger partial charge in [-0.3, -0.25) is 14.6 Å². The van der Waals surface area contributed by atoms with Gasteiger partial charge >= 0.3 is 0 Å². The molecule has 4 N–H and O–H groups in total. The zero-order chi connectivity index (χ0) is 22.1. The number of primary amides is 1. The van der Waals surface area contributed by atoms with E-state index in [-0.39, 0.29) is 35.7 Å². The van der Waals surface area contributed by atoms with Gasteiger partial charge in [0.05, 0.1) is 17.9 Å². The highest BCUT2D eigenvalue weighted by Crippen LogP contribution is 2.39. The average molecular weight is 547 g/mol. The molecule has 1 fully saturated rings. The van der Waals surface area contributed by atoms with Crippen LogP contribution in [0.3, 0.4) is 0 Å². The molecule has 2 rings (SSSR count). The lowest BCUT2D eigenvalue weighted by atomic mass is 9.85. The summed E-state index contributed by atoms with van der Waals surface area (Å²) in [7, 11) is 3.56. The van der Waals surface area contributed by atoms with Gasteiger partial charge in [0.2, 0.25) is 11.8 Å². The number of amides is 2. The first-order valence-corrected chi connectivity index (χ1v) is 10.5. The summed E-state index contributed by atoms with van der Waals surface area (Å²) in [5.41, 5.74) is 5.96. The molecule has 9 heteroatoms. The standard InChI is InChI=1S/C22H34FN5O2.HI/c1-4-25-21(27-15-22(11-5-6-12-22)20(30)28(2)3)26-14-17(19(24)29)13-16-7-9-18(23)10-8-16;/h7-10,17H,4-6,11-15H2,1-3H3,(H2,24,29)(H2,25,26,27);1H. The van der Waals surface area contributed by atoms with E-state index in [9.17, 15) is 14.0 Å². The summed E-state index contributed by atoms with van der Waals surface area (Å²) in [5.74, 6) is -0.547. The molecule has 1 aliphatic carbocycles. The fraction of sp³-hybridized carbons (Fsp3) is 0.591. The number of rotatable bonds is 9. The highest BCUT2D eigenvalue weighted by Gasteiger charge is 2.42. The van der Waals surface area contributed by atoms with E-state index in [1.54, 1.807) is 31.1 Å². The predicted octanol–water partition coefficient (Wildman–Crippen LogP) is 2.29. The Kier molecular flexibility index (Phi) is 11.2. The van der Waals surface area contributed by atoms with E-state index in [1.165, 1.54) is 12.1 Å². The van der Waals surface area contributed by atoms with Gasteiger partial charge in [0.15, 0.2) is 5.96 Å². The van der Waals surface area contributed by atoms with Crippen LogP contribution in [0.1, 0.15) is 38.2 Å². The van der Waals surface area contributed by atoms with Crippen LogP contribution in [-0.2, 0) is 16.0 Å². The van der Waals surface area contributed by atoms with Crippen LogP contribution in [0.4, 0.5) is 4.39 Å². The van der Waals surface area contributed by atoms with Gasteiger partial charge in [-0.25, -0.2) is 4.39 Å². The summed E-state index contributed by atoms with van der Waals surface area (Å²) >= 11 is 0. The monoisotopic (exact) mass is 547 g/mol. The molecule has 1 unspecified atom stereocenters. The highest BCUT2D eigenvalue weighted by atomic mass is 127. The van der Waals surface area contributed by atoms with E-state index >= 15 is 0 Å². The summed E-state index contributed by atoms with van der Waals surface area (Å²) in [6, 6.07) is 6.05. The summed E-state index contributed by atoms with van der Waals surface area (Å²) in [4.78, 5) is 31.0. The molecule has 0 aromatic heterocycles. The number of benzene rings is 1. The molecule has 2 amide bonds. The molecule has 1 aliphatic rings. The van der Waals surface area contributed by atoms with Crippen molar-refractivity contribution in [1.82, 2.24) is 15.5 Å². The Labute approximate surface area is 201 Å². The second-order valence-corrected chi connectivity index (χ2v) is 8.19. The molecule has 1 saturated carbocycles. The van der Waals surface area contributed by atoms with Crippen LogP contribution in [0.15, 0.2) is 29.3 Å². The van der Waals surface area contributed by atoms with Crippen molar-refractivity contribution in [2.45, 2.75) is 39.0 Å². The van der Waals surface area contributed by atoms with Gasteiger partial charge in [0.25, 0.3) is 0 Å². The fourth-order valence-corrected chi connectivity index (χ4v) is 3.94. The van der Waals surface area contributed by atoms with E-state index in [1.807, 2.05) is 6.92 Å². The first-order chi connectivity index (χ1) is 14.3. The van der Waals surface area contributed by atoms with Crippen molar-refractivity contribution in [1.29, 1.82) is 0 Å². The van der Waals surface area contributed by atoms with Gasteiger partial charge in [-0.05, 0) is 43.9 Å². The third kappa shape index (κ3) is 7.93. The van der Waals surface area contributed by atoms with Gasteiger partial charge in [-0.1, -0.05) is 25.0 Å². The molecule has 0 radical (unpaired) electrons. The van der Waals surface area contributed by atoms with Crippen LogP contribution in [0, 0.1) is 17.2 Å². The second kappa shape index (κ2) is 12.8. The lowest BCUT2D eigenvalue weighted by molar-refractivity contribution is -0.138. The van der Waals surface area contributed by atoms with E-state index < -0.39 is 17.2 Å². The minimum Gasteiger partial charge on any atom is -0.369 e. The Bertz CT molecular complexity index is 749. The molecule has 31 heavy (non-hydrogen) atoms. The van der Waals surface area contributed by atoms with Crippen molar-refractivity contribution in [3.63, 3.8) is 0 Å². The maximum absolute atomic E-state index is 13.1. The Morgan fingerprint density at radius 3 is 2.32 bits per heavy atom. The van der Waals surface area contributed by atoms with Gasteiger partial charge in [0.1, 0.15) is 5.82 Å². The number of nitrogens with one attached hydrogen (secondary N) is 2. The number of hydrogen-bond acceptors (Lipinski definition) is 3. The number of carbonyl (C=O) groups excluding carboxylic acids is 2. The van der Waals surface area contributed by atoms with E-state index in [2.05, 4.69) is 15.6 Å². The molecule has 1 aromatic carbocycles. The second-order valence-electron chi connectivity index (χ2n) is 8.19. The van der Waals surface area contributed by atoms with Crippen molar-refractivity contribution >= 4 is 41.8 Å². The molecular weight excluding hydrogens is 512 g/mol. The molecule has 174 valence electrons. The SMILES string of the molecule is CCNC(=NCC1(C(=O)N(C)C)CCCC1)NCC(Cc1ccc(F)cc1)C(N)=O.I. The van der Waals surface area contributed by atoms with Crippen LogP contribution in [-0.4, -0.2) is 56.4 Å². The quantitative estimate of drug-likeness (QED) is 0.251. The van der Waals surface area contributed by atoms with Gasteiger partial charge in [0, 0.05) is 27.2 Å². The predicted molar refractivity (Wildman–Crippen MR) is 132 cm³/mol. The van der Waals surface area contributed by atoms with Crippen molar-refractivity contribution in [2.24, 2.45) is 22.1 Å². The van der Waals surface area contributed by atoms with Crippen molar-refractivity contribution < 1.29 is 14.0 Å². The Morgan fingerprint density at radius 1 is 1.19 bits per heavy atom. The summed E-state index contributed by atoms with van der Waals surface area (Å²) in [6.07, 6.45) is 4.13. The highest BCUT2D eigenvalue weighted by molar-refractivity contribution is 14.0. The summed E-state index contributed by atoms with van der Waals surface area (Å²) in [6.45, 7) is 3.31. The number of carbonyl (C=O) groups is 2. The van der Waals surface area contributed by atoms with Gasteiger partial charge in [-0.2, -0.15) is 0 Å². The molecule has 0 heterocycles. The zero-order valence-electron chi connectivity index (χ0n) is 18.6. The summed E-state index contributed by atoms with van der Waals surface area (Å²) in [5, 5.41) is 6.35. The minimum atomic E-state index is -0.469. The van der Waals surface area contributed by atoms with Crippen molar-refractivity contribution in [3.05, 3.63) is 35.6 Å². The first kappa shape index (κ1) is 27.1. The Balaban J connectivity index is 0.00000480. The van der Waals surface area contributed by atoms with E-state index in [0.717, 1.165) is 31.2 Å². The lowest BCUT2D eigenvalue weighted by Crippen LogP contribution is -2.45.